The molecule has 0 aliphatic heterocycles. The smallest absolute Gasteiger partial charge is 0.269 e. The number of likely N-dealkylation sites (N-methyl/N-ethyl adjacent to an activating group) is 1. The molecule has 88 valence electrons. The molecule has 1 N–H and O–H groups in total. The maximum Gasteiger partial charge on any atom is 0.269 e. The molecule has 0 fully saturated rings. The zero-order valence-corrected chi connectivity index (χ0v) is 9.62. The molecule has 5 nitrogen and oxygen atoms in total. The van der Waals surface area contributed by atoms with E-state index in [0.717, 1.165) is 0 Å². The van der Waals surface area contributed by atoms with Gasteiger partial charge in [0.1, 0.15) is 0 Å². The molecular formula is C11H16N2O3. The van der Waals surface area contributed by atoms with Gasteiger partial charge in [-0.05, 0) is 38.7 Å². The lowest BCUT2D eigenvalue weighted by atomic mass is 10.0. The van der Waals surface area contributed by atoms with Crippen molar-refractivity contribution in [2.45, 2.75) is 19.1 Å². The lowest BCUT2D eigenvalue weighted by Crippen LogP contribution is -2.30. The van der Waals surface area contributed by atoms with Crippen LogP contribution >= 0.6 is 0 Å². The van der Waals surface area contributed by atoms with Crippen molar-refractivity contribution in [2.75, 3.05) is 14.1 Å². The Morgan fingerprint density at radius 1 is 1.31 bits per heavy atom. The van der Waals surface area contributed by atoms with E-state index in [1.165, 1.54) is 12.1 Å². The summed E-state index contributed by atoms with van der Waals surface area (Å²) in [5, 5.41) is 20.4. The third-order valence-electron chi connectivity index (χ3n) is 2.72. The van der Waals surface area contributed by atoms with Gasteiger partial charge < -0.3 is 10.0 Å². The molecule has 0 saturated carbocycles. The minimum absolute atomic E-state index is 0.0356. The predicted molar refractivity (Wildman–Crippen MR) is 61.2 cm³/mol. The summed E-state index contributed by atoms with van der Waals surface area (Å²) in [6.45, 7) is 1.89. The van der Waals surface area contributed by atoms with Crippen LogP contribution in [0.3, 0.4) is 0 Å². The molecular weight excluding hydrogens is 208 g/mol. The summed E-state index contributed by atoms with van der Waals surface area (Å²) < 4.78 is 0. The minimum atomic E-state index is -0.643. The van der Waals surface area contributed by atoms with E-state index in [2.05, 4.69) is 0 Å². The number of aliphatic hydroxyl groups excluding tert-OH is 1. The minimum Gasteiger partial charge on any atom is -0.387 e. The quantitative estimate of drug-likeness (QED) is 0.622. The number of hydrogen-bond donors (Lipinski definition) is 1. The van der Waals surface area contributed by atoms with Crippen molar-refractivity contribution in [3.8, 4) is 0 Å². The molecule has 5 heteroatoms. The van der Waals surface area contributed by atoms with Crippen LogP contribution in [0, 0.1) is 10.1 Å². The van der Waals surface area contributed by atoms with Gasteiger partial charge in [-0.25, -0.2) is 0 Å². The van der Waals surface area contributed by atoms with Crippen molar-refractivity contribution < 1.29 is 10.0 Å². The van der Waals surface area contributed by atoms with E-state index >= 15 is 0 Å². The molecule has 0 amide bonds. The first-order valence-electron chi connectivity index (χ1n) is 5.02. The Kier molecular flexibility index (Phi) is 3.98. The fourth-order valence-electron chi connectivity index (χ4n) is 1.35. The van der Waals surface area contributed by atoms with Crippen LogP contribution in [0.4, 0.5) is 5.69 Å². The zero-order chi connectivity index (χ0) is 12.3. The van der Waals surface area contributed by atoms with Gasteiger partial charge in [-0.1, -0.05) is 0 Å². The van der Waals surface area contributed by atoms with Gasteiger partial charge in [-0.3, -0.25) is 10.1 Å². The normalized spacial score (nSPS) is 14.8. The third kappa shape index (κ3) is 2.77. The second kappa shape index (κ2) is 5.05. The number of rotatable bonds is 4. The number of hydrogen-bond acceptors (Lipinski definition) is 4. The van der Waals surface area contributed by atoms with Gasteiger partial charge in [-0.15, -0.1) is 0 Å². The molecule has 0 saturated heterocycles. The Bertz CT molecular complexity index is 362. The van der Waals surface area contributed by atoms with Crippen LogP contribution in [0.5, 0.6) is 0 Å². The van der Waals surface area contributed by atoms with Crippen LogP contribution in [0.25, 0.3) is 0 Å². The molecule has 0 heterocycles. The molecule has 0 unspecified atom stereocenters. The van der Waals surface area contributed by atoms with Gasteiger partial charge in [0.05, 0.1) is 11.0 Å². The molecule has 0 aromatic heterocycles. The topological polar surface area (TPSA) is 66.6 Å². The third-order valence-corrected chi connectivity index (χ3v) is 2.72. The number of aliphatic hydroxyl groups is 1. The second-order valence-corrected chi connectivity index (χ2v) is 4.00. The monoisotopic (exact) mass is 224 g/mol. The van der Waals surface area contributed by atoms with Crippen LogP contribution in [0.2, 0.25) is 0 Å². The van der Waals surface area contributed by atoms with Gasteiger partial charge in [0, 0.05) is 18.2 Å². The Hall–Kier alpha value is -1.46. The lowest BCUT2D eigenvalue weighted by Gasteiger charge is -2.25. The summed E-state index contributed by atoms with van der Waals surface area (Å²) in [6, 6.07) is 5.94. The standard InChI is InChI=1S/C11H16N2O3/c1-8(12(2)3)11(14)9-4-6-10(7-5-9)13(15)16/h4-8,11,14H,1-3H3/t8-,11+/m1/s1. The Morgan fingerprint density at radius 3 is 2.19 bits per heavy atom. The fraction of sp³-hybridized carbons (Fsp3) is 0.455. The Balaban J connectivity index is 2.85. The molecule has 0 bridgehead atoms. The van der Waals surface area contributed by atoms with Crippen molar-refractivity contribution in [3.63, 3.8) is 0 Å². The average Bonchev–Trinajstić information content (AvgIpc) is 2.27. The lowest BCUT2D eigenvalue weighted by molar-refractivity contribution is -0.384. The maximum absolute atomic E-state index is 10.5. The van der Waals surface area contributed by atoms with E-state index in [9.17, 15) is 15.2 Å². The first-order chi connectivity index (χ1) is 7.43. The van der Waals surface area contributed by atoms with Crippen LogP contribution in [0.1, 0.15) is 18.6 Å². The van der Waals surface area contributed by atoms with Gasteiger partial charge in [0.25, 0.3) is 5.69 Å². The van der Waals surface area contributed by atoms with E-state index in [1.54, 1.807) is 12.1 Å². The largest absolute Gasteiger partial charge is 0.387 e. The van der Waals surface area contributed by atoms with Crippen molar-refractivity contribution in [1.82, 2.24) is 4.90 Å². The number of nitrogens with zero attached hydrogens (tertiary/aromatic N) is 2. The molecule has 0 aliphatic carbocycles. The van der Waals surface area contributed by atoms with Crippen molar-refractivity contribution in [2.24, 2.45) is 0 Å². The predicted octanol–water partition coefficient (Wildman–Crippen LogP) is 1.58. The SMILES string of the molecule is C[C@H]([C@H](O)c1ccc([N+](=O)[O-])cc1)N(C)C. The van der Waals surface area contributed by atoms with Crippen molar-refractivity contribution >= 4 is 5.69 Å². The van der Waals surface area contributed by atoms with Crippen LogP contribution in [-0.4, -0.2) is 35.1 Å². The maximum atomic E-state index is 10.5. The zero-order valence-electron chi connectivity index (χ0n) is 9.62. The first-order valence-corrected chi connectivity index (χ1v) is 5.02. The van der Waals surface area contributed by atoms with E-state index in [4.69, 9.17) is 0 Å². The summed E-state index contributed by atoms with van der Waals surface area (Å²) >= 11 is 0. The molecule has 2 atom stereocenters. The van der Waals surface area contributed by atoms with Gasteiger partial charge >= 0.3 is 0 Å². The van der Waals surface area contributed by atoms with Gasteiger partial charge in [0.2, 0.25) is 0 Å². The number of nitro benzene ring substituents is 1. The van der Waals surface area contributed by atoms with E-state index in [-0.39, 0.29) is 11.7 Å². The molecule has 16 heavy (non-hydrogen) atoms. The molecule has 0 radical (unpaired) electrons. The molecule has 0 spiro atoms. The van der Waals surface area contributed by atoms with E-state index < -0.39 is 11.0 Å². The summed E-state index contributed by atoms with van der Waals surface area (Å²) in [6.07, 6.45) is -0.643. The van der Waals surface area contributed by atoms with E-state index in [1.807, 2.05) is 25.9 Å². The molecule has 1 aromatic rings. The summed E-state index contributed by atoms with van der Waals surface area (Å²) in [5.74, 6) is 0. The highest BCUT2D eigenvalue weighted by molar-refractivity contribution is 5.34. The Labute approximate surface area is 94.5 Å². The van der Waals surface area contributed by atoms with E-state index in [0.29, 0.717) is 5.56 Å². The highest BCUT2D eigenvalue weighted by Gasteiger charge is 2.18. The fourth-order valence-corrected chi connectivity index (χ4v) is 1.35. The van der Waals surface area contributed by atoms with Gasteiger partial charge in [-0.2, -0.15) is 0 Å². The second-order valence-electron chi connectivity index (χ2n) is 4.00. The van der Waals surface area contributed by atoms with Gasteiger partial charge in [0.15, 0.2) is 0 Å². The molecule has 1 aromatic carbocycles. The highest BCUT2D eigenvalue weighted by atomic mass is 16.6. The molecule has 0 aliphatic rings. The van der Waals surface area contributed by atoms with Crippen molar-refractivity contribution in [3.05, 3.63) is 39.9 Å². The first kappa shape index (κ1) is 12.6. The van der Waals surface area contributed by atoms with Crippen molar-refractivity contribution in [1.29, 1.82) is 0 Å². The summed E-state index contributed by atoms with van der Waals surface area (Å²) in [5.41, 5.74) is 0.722. The van der Waals surface area contributed by atoms with Crippen LogP contribution in [-0.2, 0) is 0 Å². The Morgan fingerprint density at radius 2 is 1.81 bits per heavy atom. The number of non-ortho nitro benzene ring substituents is 1. The van der Waals surface area contributed by atoms with Crippen LogP contribution < -0.4 is 0 Å². The summed E-state index contributed by atoms with van der Waals surface area (Å²) in [7, 11) is 3.75. The number of nitro groups is 1. The van der Waals surface area contributed by atoms with Crippen LogP contribution in [0.15, 0.2) is 24.3 Å². The average molecular weight is 224 g/mol. The summed E-state index contributed by atoms with van der Waals surface area (Å²) in [4.78, 5) is 11.9. The number of benzene rings is 1. The molecule has 1 rings (SSSR count). The highest BCUT2D eigenvalue weighted by Crippen LogP contribution is 2.21.